The van der Waals surface area contributed by atoms with Gasteiger partial charge in [-0.2, -0.15) is 0 Å². The van der Waals surface area contributed by atoms with Crippen LogP contribution in [0.15, 0.2) is 48.5 Å². The normalized spacial score (nSPS) is 20.3. The van der Waals surface area contributed by atoms with Crippen LogP contribution in [0.2, 0.25) is 0 Å². The van der Waals surface area contributed by atoms with Crippen molar-refractivity contribution in [1.29, 1.82) is 0 Å². The molecular formula is C23H28FN3O5. The Balaban J connectivity index is 1.43. The van der Waals surface area contributed by atoms with Crippen LogP contribution in [0.3, 0.4) is 0 Å². The largest absolute Gasteiger partial charge is 0.497 e. The van der Waals surface area contributed by atoms with Crippen molar-refractivity contribution in [2.45, 2.75) is 37.5 Å². The predicted molar refractivity (Wildman–Crippen MR) is 117 cm³/mol. The number of carbonyl (C=O) groups excluding carboxylic acids is 2. The third-order valence-electron chi connectivity index (χ3n) is 5.33. The van der Waals surface area contributed by atoms with Gasteiger partial charge in [-0.15, -0.1) is 0 Å². The van der Waals surface area contributed by atoms with Crippen molar-refractivity contribution in [3.63, 3.8) is 0 Å². The lowest BCUT2D eigenvalue weighted by atomic mass is 9.97. The second kappa shape index (κ2) is 11.4. The summed E-state index contributed by atoms with van der Waals surface area (Å²) in [6.07, 6.45) is 1.04. The van der Waals surface area contributed by atoms with Crippen LogP contribution >= 0.6 is 0 Å². The lowest BCUT2D eigenvalue weighted by Gasteiger charge is -2.36. The van der Waals surface area contributed by atoms with Crippen LogP contribution < -0.4 is 20.7 Å². The Morgan fingerprint density at radius 3 is 2.59 bits per heavy atom. The average molecular weight is 445 g/mol. The molecule has 172 valence electrons. The first-order valence-electron chi connectivity index (χ1n) is 10.5. The lowest BCUT2D eigenvalue weighted by Crippen LogP contribution is -2.52. The number of ether oxygens (including phenoxy) is 2. The fraction of sp³-hybridized carbons (Fsp3) is 0.391. The van der Waals surface area contributed by atoms with Gasteiger partial charge in [-0.05, 0) is 55.7 Å². The molecular weight excluding hydrogens is 417 g/mol. The number of rotatable bonds is 8. The number of aliphatic hydroxyl groups excluding tert-OH is 1. The lowest BCUT2D eigenvalue weighted by molar-refractivity contribution is -0.0886. The van der Waals surface area contributed by atoms with Gasteiger partial charge in [0.2, 0.25) is 0 Å². The molecule has 0 bridgehead atoms. The zero-order valence-electron chi connectivity index (χ0n) is 17.8. The van der Waals surface area contributed by atoms with Crippen molar-refractivity contribution in [2.24, 2.45) is 0 Å². The van der Waals surface area contributed by atoms with E-state index in [1.165, 1.54) is 18.2 Å². The number of benzene rings is 2. The minimum absolute atomic E-state index is 0.00238. The van der Waals surface area contributed by atoms with E-state index in [-0.39, 0.29) is 24.3 Å². The third kappa shape index (κ3) is 6.41. The van der Waals surface area contributed by atoms with Crippen LogP contribution in [0, 0.1) is 5.82 Å². The molecule has 3 amide bonds. The first-order chi connectivity index (χ1) is 15.5. The second-order valence-corrected chi connectivity index (χ2v) is 7.51. The zero-order valence-corrected chi connectivity index (χ0v) is 17.8. The summed E-state index contributed by atoms with van der Waals surface area (Å²) in [5.74, 6) is -0.360. The Hall–Kier alpha value is -3.17. The van der Waals surface area contributed by atoms with E-state index < -0.39 is 23.9 Å². The Labute approximate surface area is 186 Å². The fourth-order valence-corrected chi connectivity index (χ4v) is 3.61. The number of hydrogen-bond acceptors (Lipinski definition) is 5. The molecule has 0 saturated carbocycles. The van der Waals surface area contributed by atoms with E-state index in [1.54, 1.807) is 37.4 Å². The summed E-state index contributed by atoms with van der Waals surface area (Å²) in [6, 6.07) is 12.0. The molecule has 32 heavy (non-hydrogen) atoms. The van der Waals surface area contributed by atoms with E-state index >= 15 is 0 Å². The monoisotopic (exact) mass is 445 g/mol. The second-order valence-electron chi connectivity index (χ2n) is 7.51. The predicted octanol–water partition coefficient (Wildman–Crippen LogP) is 2.68. The van der Waals surface area contributed by atoms with Crippen molar-refractivity contribution in [2.75, 3.05) is 25.6 Å². The SMILES string of the molecule is COc1ccc(NC(=O)N[C@@H]2CC[C@H](CCNC(=O)c3ccccc3F)O[C@@H]2CO)cc1. The molecule has 1 aliphatic rings. The topological polar surface area (TPSA) is 109 Å². The Morgan fingerprint density at radius 2 is 1.91 bits per heavy atom. The van der Waals surface area contributed by atoms with Gasteiger partial charge in [0.1, 0.15) is 17.7 Å². The molecule has 9 heteroatoms. The molecule has 0 aliphatic carbocycles. The molecule has 8 nitrogen and oxygen atoms in total. The zero-order chi connectivity index (χ0) is 22.9. The van der Waals surface area contributed by atoms with Gasteiger partial charge >= 0.3 is 6.03 Å². The summed E-state index contributed by atoms with van der Waals surface area (Å²) < 4.78 is 24.7. The molecule has 3 atom stereocenters. The van der Waals surface area contributed by atoms with Gasteiger partial charge in [-0.1, -0.05) is 12.1 Å². The maximum atomic E-state index is 13.7. The number of amides is 3. The van der Waals surface area contributed by atoms with Crippen molar-refractivity contribution in [3.8, 4) is 5.75 Å². The third-order valence-corrected chi connectivity index (χ3v) is 5.33. The summed E-state index contributed by atoms with van der Waals surface area (Å²) in [5.41, 5.74) is 0.612. The number of anilines is 1. The first-order valence-corrected chi connectivity index (χ1v) is 10.5. The number of methoxy groups -OCH3 is 1. The van der Waals surface area contributed by atoms with Crippen LogP contribution in [0.1, 0.15) is 29.6 Å². The Morgan fingerprint density at radius 1 is 1.16 bits per heavy atom. The highest BCUT2D eigenvalue weighted by atomic mass is 19.1. The number of halogens is 1. The van der Waals surface area contributed by atoms with E-state index in [0.717, 1.165) is 0 Å². The van der Waals surface area contributed by atoms with Crippen LogP contribution in [0.25, 0.3) is 0 Å². The quantitative estimate of drug-likeness (QED) is 0.500. The number of carbonyl (C=O) groups is 2. The van der Waals surface area contributed by atoms with Gasteiger partial charge in [-0.3, -0.25) is 4.79 Å². The average Bonchev–Trinajstić information content (AvgIpc) is 2.80. The van der Waals surface area contributed by atoms with Gasteiger partial charge < -0.3 is 30.5 Å². The highest BCUT2D eigenvalue weighted by Crippen LogP contribution is 2.22. The molecule has 1 saturated heterocycles. The van der Waals surface area contributed by atoms with Crippen molar-refractivity contribution < 1.29 is 28.6 Å². The van der Waals surface area contributed by atoms with Crippen LogP contribution in [0.5, 0.6) is 5.75 Å². The minimum Gasteiger partial charge on any atom is -0.497 e. The molecule has 2 aromatic rings. The van der Waals surface area contributed by atoms with E-state index in [9.17, 15) is 19.1 Å². The minimum atomic E-state index is -0.568. The Kier molecular flexibility index (Phi) is 8.41. The molecule has 0 unspecified atom stereocenters. The molecule has 4 N–H and O–H groups in total. The van der Waals surface area contributed by atoms with Gasteiger partial charge in [0.05, 0.1) is 31.4 Å². The summed E-state index contributed by atoms with van der Waals surface area (Å²) >= 11 is 0. The van der Waals surface area contributed by atoms with Gasteiger partial charge in [0, 0.05) is 12.2 Å². The van der Waals surface area contributed by atoms with E-state index in [1.807, 2.05) is 0 Å². The molecule has 1 heterocycles. The molecule has 0 spiro atoms. The van der Waals surface area contributed by atoms with E-state index in [4.69, 9.17) is 9.47 Å². The van der Waals surface area contributed by atoms with Crippen LogP contribution in [0.4, 0.5) is 14.9 Å². The molecule has 3 rings (SSSR count). The van der Waals surface area contributed by atoms with Gasteiger partial charge in [0.25, 0.3) is 5.91 Å². The summed E-state index contributed by atoms with van der Waals surface area (Å²) in [4.78, 5) is 24.4. The van der Waals surface area contributed by atoms with Crippen LogP contribution in [-0.2, 0) is 4.74 Å². The fourth-order valence-electron chi connectivity index (χ4n) is 3.61. The molecule has 2 aromatic carbocycles. The van der Waals surface area contributed by atoms with Crippen LogP contribution in [-0.4, -0.2) is 55.6 Å². The molecule has 0 radical (unpaired) electrons. The first kappa shape index (κ1) is 23.5. The maximum absolute atomic E-state index is 13.7. The summed E-state index contributed by atoms with van der Waals surface area (Å²) in [7, 11) is 1.57. The molecule has 0 aromatic heterocycles. The highest BCUT2D eigenvalue weighted by molar-refractivity contribution is 5.94. The van der Waals surface area contributed by atoms with Crippen molar-refractivity contribution in [1.82, 2.24) is 10.6 Å². The number of urea groups is 1. The molecule has 1 fully saturated rings. The highest BCUT2D eigenvalue weighted by Gasteiger charge is 2.31. The summed E-state index contributed by atoms with van der Waals surface area (Å²) in [5, 5.41) is 18.0. The van der Waals surface area contributed by atoms with Gasteiger partial charge in [-0.25, -0.2) is 9.18 Å². The number of aliphatic hydroxyl groups is 1. The smallest absolute Gasteiger partial charge is 0.319 e. The summed E-state index contributed by atoms with van der Waals surface area (Å²) in [6.45, 7) is 0.0671. The number of nitrogens with one attached hydrogen (secondary N) is 3. The Bertz CT molecular complexity index is 909. The van der Waals surface area contributed by atoms with Crippen molar-refractivity contribution in [3.05, 3.63) is 59.9 Å². The maximum Gasteiger partial charge on any atom is 0.319 e. The number of hydrogen-bond donors (Lipinski definition) is 4. The molecule has 1 aliphatic heterocycles. The standard InChI is InChI=1S/C23H28FN3O5/c1-31-16-8-6-15(7-9-16)26-23(30)27-20-11-10-17(32-21(20)14-28)12-13-25-22(29)18-4-2-3-5-19(18)24/h2-9,17,20-21,28H,10-14H2,1H3,(H,25,29)(H2,26,27,30)/t17-,20-,21-/m1/s1. The van der Waals surface area contributed by atoms with E-state index in [0.29, 0.717) is 37.2 Å². The van der Waals surface area contributed by atoms with E-state index in [2.05, 4.69) is 16.0 Å². The van der Waals surface area contributed by atoms with Gasteiger partial charge in [0.15, 0.2) is 0 Å². The van der Waals surface area contributed by atoms with Crippen molar-refractivity contribution >= 4 is 17.6 Å².